The molecule has 4 nitrogen and oxygen atoms in total. The van der Waals surface area contributed by atoms with Crippen molar-refractivity contribution in [3.63, 3.8) is 0 Å². The third-order valence-corrected chi connectivity index (χ3v) is 4.72. The summed E-state index contributed by atoms with van der Waals surface area (Å²) >= 11 is 1.76. The smallest absolute Gasteiger partial charge is 0.185 e. The van der Waals surface area contributed by atoms with Gasteiger partial charge in [0.15, 0.2) is 5.13 Å². The molecular weight excluding hydrogens is 258 g/mol. The van der Waals surface area contributed by atoms with Crippen molar-refractivity contribution in [1.29, 1.82) is 0 Å². The molecular formula is C14H25N3OS. The van der Waals surface area contributed by atoms with Crippen molar-refractivity contribution in [1.82, 2.24) is 4.98 Å². The van der Waals surface area contributed by atoms with Crippen LogP contribution in [0.25, 0.3) is 0 Å². The molecule has 5 heteroatoms. The van der Waals surface area contributed by atoms with Crippen LogP contribution in [0.3, 0.4) is 0 Å². The van der Waals surface area contributed by atoms with Crippen molar-refractivity contribution >= 4 is 16.5 Å². The molecule has 2 heterocycles. The molecule has 1 aliphatic heterocycles. The van der Waals surface area contributed by atoms with Crippen molar-refractivity contribution in [3.05, 3.63) is 10.6 Å². The van der Waals surface area contributed by atoms with Crippen LogP contribution in [0.1, 0.15) is 50.1 Å². The molecule has 0 aliphatic carbocycles. The van der Waals surface area contributed by atoms with Crippen LogP contribution in [0.4, 0.5) is 5.13 Å². The number of anilines is 1. The number of hydrogen-bond acceptors (Lipinski definition) is 5. The molecule has 0 saturated carbocycles. The van der Waals surface area contributed by atoms with Gasteiger partial charge in [-0.1, -0.05) is 13.8 Å². The minimum absolute atomic E-state index is 0.430. The van der Waals surface area contributed by atoms with Gasteiger partial charge in [0.1, 0.15) is 0 Å². The van der Waals surface area contributed by atoms with E-state index < -0.39 is 0 Å². The fraction of sp³-hybridized carbons (Fsp3) is 0.786. The lowest BCUT2D eigenvalue weighted by Crippen LogP contribution is -2.37. The topological polar surface area (TPSA) is 51.4 Å². The van der Waals surface area contributed by atoms with Gasteiger partial charge in [-0.3, -0.25) is 0 Å². The van der Waals surface area contributed by atoms with Gasteiger partial charge in [0.2, 0.25) is 0 Å². The lowest BCUT2D eigenvalue weighted by Gasteiger charge is -2.31. The molecule has 1 aliphatic rings. The number of thiazole rings is 1. The van der Waals surface area contributed by atoms with Crippen LogP contribution in [-0.4, -0.2) is 30.8 Å². The first-order chi connectivity index (χ1) is 9.15. The fourth-order valence-corrected chi connectivity index (χ4v) is 3.68. The maximum Gasteiger partial charge on any atom is 0.185 e. The Bertz CT molecular complexity index is 397. The van der Waals surface area contributed by atoms with E-state index in [-0.39, 0.29) is 0 Å². The van der Waals surface area contributed by atoms with Gasteiger partial charge in [-0.15, -0.1) is 11.3 Å². The predicted molar refractivity (Wildman–Crippen MR) is 81.0 cm³/mol. The highest BCUT2D eigenvalue weighted by Crippen LogP contribution is 2.32. The number of nitrogens with zero attached hydrogens (tertiary/aromatic N) is 2. The van der Waals surface area contributed by atoms with Gasteiger partial charge in [0.05, 0.1) is 11.8 Å². The quantitative estimate of drug-likeness (QED) is 0.902. The molecule has 0 aromatic carbocycles. The highest BCUT2D eigenvalue weighted by atomic mass is 32.1. The lowest BCUT2D eigenvalue weighted by atomic mass is 10.1. The van der Waals surface area contributed by atoms with E-state index in [4.69, 9.17) is 15.5 Å². The number of ether oxygens (including phenoxy) is 1. The third kappa shape index (κ3) is 3.46. The van der Waals surface area contributed by atoms with Crippen molar-refractivity contribution < 1.29 is 4.74 Å². The van der Waals surface area contributed by atoms with E-state index in [0.29, 0.717) is 18.6 Å². The van der Waals surface area contributed by atoms with Crippen LogP contribution in [0.15, 0.2) is 0 Å². The zero-order valence-electron chi connectivity index (χ0n) is 12.2. The molecule has 2 rings (SSSR count). The molecule has 1 saturated heterocycles. The van der Waals surface area contributed by atoms with E-state index >= 15 is 0 Å². The van der Waals surface area contributed by atoms with Crippen LogP contribution in [0.5, 0.6) is 0 Å². The van der Waals surface area contributed by atoms with Crippen LogP contribution in [0, 0.1) is 0 Å². The summed E-state index contributed by atoms with van der Waals surface area (Å²) in [5, 5.41) is 1.14. The highest BCUT2D eigenvalue weighted by molar-refractivity contribution is 7.15. The van der Waals surface area contributed by atoms with E-state index in [1.807, 2.05) is 0 Å². The zero-order chi connectivity index (χ0) is 13.8. The average Bonchev–Trinajstić information content (AvgIpc) is 2.84. The van der Waals surface area contributed by atoms with Gasteiger partial charge in [-0.05, 0) is 25.7 Å². The van der Waals surface area contributed by atoms with E-state index in [9.17, 15) is 0 Å². The molecule has 1 aromatic heterocycles. The third-order valence-electron chi connectivity index (χ3n) is 3.56. The Morgan fingerprint density at radius 3 is 2.58 bits per heavy atom. The molecule has 0 spiro atoms. The first kappa shape index (κ1) is 14.8. The van der Waals surface area contributed by atoms with E-state index in [1.165, 1.54) is 10.6 Å². The Balaban J connectivity index is 2.03. The summed E-state index contributed by atoms with van der Waals surface area (Å²) < 4.78 is 5.69. The second-order valence-electron chi connectivity index (χ2n) is 5.31. The Morgan fingerprint density at radius 1 is 1.42 bits per heavy atom. The minimum Gasteiger partial charge on any atom is -0.378 e. The summed E-state index contributed by atoms with van der Waals surface area (Å²) in [6.07, 6.45) is 2.63. The van der Waals surface area contributed by atoms with Crippen LogP contribution >= 0.6 is 11.3 Å². The van der Waals surface area contributed by atoms with E-state index in [2.05, 4.69) is 25.7 Å². The number of hydrogen-bond donors (Lipinski definition) is 1. The maximum absolute atomic E-state index is 5.82. The number of rotatable bonds is 5. The Morgan fingerprint density at radius 2 is 2.11 bits per heavy atom. The fourth-order valence-electron chi connectivity index (χ4n) is 2.53. The summed E-state index contributed by atoms with van der Waals surface area (Å²) in [6.45, 7) is 9.92. The molecule has 1 fully saturated rings. The lowest BCUT2D eigenvalue weighted by molar-refractivity contribution is 0.0459. The normalized spacial score (nSPS) is 17.4. The molecule has 1 aromatic rings. The maximum atomic E-state index is 5.82. The summed E-state index contributed by atoms with van der Waals surface area (Å²) in [4.78, 5) is 8.41. The van der Waals surface area contributed by atoms with E-state index in [1.54, 1.807) is 11.3 Å². The molecule has 0 amide bonds. The van der Waals surface area contributed by atoms with Gasteiger partial charge in [-0.2, -0.15) is 0 Å². The predicted octanol–water partition coefficient (Wildman–Crippen LogP) is 2.73. The highest BCUT2D eigenvalue weighted by Gasteiger charge is 2.23. The van der Waals surface area contributed by atoms with Gasteiger partial charge >= 0.3 is 0 Å². The van der Waals surface area contributed by atoms with Gasteiger partial charge in [-0.25, -0.2) is 4.98 Å². The Labute approximate surface area is 120 Å². The zero-order valence-corrected chi connectivity index (χ0v) is 13.0. The first-order valence-corrected chi connectivity index (χ1v) is 8.03. The molecule has 0 bridgehead atoms. The van der Waals surface area contributed by atoms with Crippen molar-refractivity contribution in [3.8, 4) is 0 Å². The van der Waals surface area contributed by atoms with Gasteiger partial charge in [0.25, 0.3) is 0 Å². The Hall–Kier alpha value is -0.650. The second-order valence-corrected chi connectivity index (χ2v) is 6.37. The molecule has 0 radical (unpaired) electrons. The Kier molecular flexibility index (Phi) is 5.19. The molecule has 108 valence electrons. The SMILES string of the molecule is CCOC1CCN(c2nc(C(C)C)c(CN)s2)CC1. The van der Waals surface area contributed by atoms with Gasteiger partial charge < -0.3 is 15.4 Å². The standard InChI is InChI=1S/C14H25N3OS/c1-4-18-11-5-7-17(8-6-11)14-16-13(10(2)3)12(9-15)19-14/h10-11H,4-9,15H2,1-3H3. The summed E-state index contributed by atoms with van der Waals surface area (Å²) in [5.74, 6) is 0.449. The second kappa shape index (κ2) is 6.68. The van der Waals surface area contributed by atoms with Crippen molar-refractivity contribution in [2.24, 2.45) is 5.73 Å². The molecule has 0 unspecified atom stereocenters. The van der Waals surface area contributed by atoms with Crippen LogP contribution in [-0.2, 0) is 11.3 Å². The number of nitrogens with two attached hydrogens (primary N) is 1. The summed E-state index contributed by atoms with van der Waals surface area (Å²) in [7, 11) is 0. The molecule has 2 N–H and O–H groups in total. The average molecular weight is 283 g/mol. The van der Waals surface area contributed by atoms with Crippen LogP contribution < -0.4 is 10.6 Å². The van der Waals surface area contributed by atoms with Crippen molar-refractivity contribution in [2.75, 3.05) is 24.6 Å². The number of aromatic nitrogens is 1. The largest absolute Gasteiger partial charge is 0.378 e. The minimum atomic E-state index is 0.430. The van der Waals surface area contributed by atoms with Crippen molar-refractivity contribution in [2.45, 2.75) is 52.2 Å². The molecule has 19 heavy (non-hydrogen) atoms. The van der Waals surface area contributed by atoms with E-state index in [0.717, 1.165) is 37.7 Å². The summed E-state index contributed by atoms with van der Waals surface area (Å²) in [5.41, 5.74) is 7.00. The molecule has 0 atom stereocenters. The number of piperidine rings is 1. The van der Waals surface area contributed by atoms with Gasteiger partial charge in [0, 0.05) is 31.1 Å². The monoisotopic (exact) mass is 283 g/mol. The first-order valence-electron chi connectivity index (χ1n) is 7.21. The summed E-state index contributed by atoms with van der Waals surface area (Å²) in [6, 6.07) is 0. The van der Waals surface area contributed by atoms with Crippen LogP contribution in [0.2, 0.25) is 0 Å².